The Morgan fingerprint density at radius 3 is 2.81 bits per heavy atom. The number of hydrogen-bond donors (Lipinski definition) is 1. The van der Waals surface area contributed by atoms with Gasteiger partial charge in [-0.2, -0.15) is 9.61 Å². The molecule has 0 atom stereocenters. The first-order valence-electron chi connectivity index (χ1n) is 8.79. The molecular weight excluding hydrogens is 332 g/mol. The highest BCUT2D eigenvalue weighted by Gasteiger charge is 2.18. The molecule has 2 rings (SSSR count). The molecule has 0 spiro atoms. The van der Waals surface area contributed by atoms with E-state index in [1.807, 2.05) is 13.8 Å². The SMILES string of the molecule is C=C(/C=C(\C)OCC)c1cc(N)n2ncc(C(=O)OCCCCC)c2n1. The molecule has 0 saturated carbocycles. The van der Waals surface area contributed by atoms with Crippen LogP contribution in [0.4, 0.5) is 5.82 Å². The summed E-state index contributed by atoms with van der Waals surface area (Å²) in [4.78, 5) is 16.8. The third-order valence-electron chi connectivity index (χ3n) is 3.78. The fraction of sp³-hybridized carbons (Fsp3) is 0.421. The first kappa shape index (κ1) is 19.5. The normalized spacial score (nSPS) is 11.6. The summed E-state index contributed by atoms with van der Waals surface area (Å²) < 4.78 is 12.1. The number of aromatic nitrogens is 3. The lowest BCUT2D eigenvalue weighted by Crippen LogP contribution is -2.08. The Hall–Kier alpha value is -2.83. The lowest BCUT2D eigenvalue weighted by molar-refractivity contribution is 0.0500. The standard InChI is InChI=1S/C19H26N4O3/c1-5-7-8-9-26-19(24)15-12-21-23-17(20)11-16(22-18(15)23)13(3)10-14(4)25-6-2/h10-12H,3,5-9,20H2,1-2,4H3/b14-10+. The largest absolute Gasteiger partial charge is 0.499 e. The summed E-state index contributed by atoms with van der Waals surface area (Å²) in [7, 11) is 0. The van der Waals surface area contributed by atoms with E-state index in [0.29, 0.717) is 35.9 Å². The smallest absolute Gasteiger partial charge is 0.343 e. The first-order valence-corrected chi connectivity index (χ1v) is 8.79. The third-order valence-corrected chi connectivity index (χ3v) is 3.78. The van der Waals surface area contributed by atoms with Crippen molar-refractivity contribution < 1.29 is 14.3 Å². The average molecular weight is 358 g/mol. The van der Waals surface area contributed by atoms with Crippen LogP contribution >= 0.6 is 0 Å². The number of allylic oxidation sites excluding steroid dienone is 3. The van der Waals surface area contributed by atoms with Gasteiger partial charge in [0, 0.05) is 6.07 Å². The Morgan fingerprint density at radius 1 is 1.35 bits per heavy atom. The van der Waals surface area contributed by atoms with Crippen LogP contribution in [0.15, 0.2) is 30.7 Å². The molecule has 0 unspecified atom stereocenters. The van der Waals surface area contributed by atoms with Crippen molar-refractivity contribution in [2.45, 2.75) is 40.0 Å². The number of hydrogen-bond acceptors (Lipinski definition) is 6. The zero-order valence-electron chi connectivity index (χ0n) is 15.6. The summed E-state index contributed by atoms with van der Waals surface area (Å²) in [5, 5.41) is 4.13. The molecule has 7 heteroatoms. The van der Waals surface area contributed by atoms with Gasteiger partial charge in [0.1, 0.15) is 11.4 Å². The molecule has 7 nitrogen and oxygen atoms in total. The number of esters is 1. The second kappa shape index (κ2) is 9.03. The molecule has 0 saturated heterocycles. The number of unbranched alkanes of at least 4 members (excludes halogenated alkanes) is 2. The van der Waals surface area contributed by atoms with Crippen LogP contribution in [0.2, 0.25) is 0 Å². The lowest BCUT2D eigenvalue weighted by Gasteiger charge is -2.08. The molecule has 0 amide bonds. The summed E-state index contributed by atoms with van der Waals surface area (Å²) in [5.41, 5.74) is 7.87. The molecule has 0 aliphatic carbocycles. The number of rotatable bonds is 9. The lowest BCUT2D eigenvalue weighted by atomic mass is 10.2. The van der Waals surface area contributed by atoms with Gasteiger partial charge in [-0.1, -0.05) is 26.3 Å². The molecule has 2 N–H and O–H groups in total. The zero-order valence-corrected chi connectivity index (χ0v) is 15.6. The van der Waals surface area contributed by atoms with Gasteiger partial charge in [0.15, 0.2) is 5.65 Å². The van der Waals surface area contributed by atoms with E-state index in [9.17, 15) is 4.79 Å². The number of ether oxygens (including phenoxy) is 2. The summed E-state index contributed by atoms with van der Waals surface area (Å²) in [6.07, 6.45) is 6.12. The molecular formula is C19H26N4O3. The number of carbonyl (C=O) groups is 1. The molecule has 0 aliphatic rings. The molecule has 140 valence electrons. The van der Waals surface area contributed by atoms with Crippen molar-refractivity contribution in [3.63, 3.8) is 0 Å². The van der Waals surface area contributed by atoms with Gasteiger partial charge < -0.3 is 15.2 Å². The Balaban J connectivity index is 2.29. The van der Waals surface area contributed by atoms with Crippen molar-refractivity contribution in [3.8, 4) is 0 Å². The van der Waals surface area contributed by atoms with Crippen LogP contribution < -0.4 is 5.73 Å². The van der Waals surface area contributed by atoms with Gasteiger partial charge in [0.05, 0.1) is 30.9 Å². The van der Waals surface area contributed by atoms with Crippen LogP contribution in [0.25, 0.3) is 11.2 Å². The highest BCUT2D eigenvalue weighted by atomic mass is 16.5. The van der Waals surface area contributed by atoms with E-state index < -0.39 is 5.97 Å². The van der Waals surface area contributed by atoms with Crippen molar-refractivity contribution in [2.75, 3.05) is 18.9 Å². The quantitative estimate of drug-likeness (QED) is 0.319. The van der Waals surface area contributed by atoms with Crippen LogP contribution in [0.3, 0.4) is 0 Å². The van der Waals surface area contributed by atoms with Gasteiger partial charge in [-0.05, 0) is 31.9 Å². The Labute approximate surface area is 153 Å². The predicted octanol–water partition coefficient (Wildman–Crippen LogP) is 3.61. The van der Waals surface area contributed by atoms with Crippen molar-refractivity contribution in [1.29, 1.82) is 0 Å². The van der Waals surface area contributed by atoms with Crippen molar-refractivity contribution in [3.05, 3.63) is 41.9 Å². The first-order chi connectivity index (χ1) is 12.5. The van der Waals surface area contributed by atoms with Gasteiger partial charge in [0.2, 0.25) is 0 Å². The number of anilines is 1. The van der Waals surface area contributed by atoms with E-state index in [2.05, 4.69) is 23.6 Å². The second-order valence-electron chi connectivity index (χ2n) is 5.92. The monoisotopic (exact) mass is 358 g/mol. The van der Waals surface area contributed by atoms with Crippen LogP contribution in [0.5, 0.6) is 0 Å². The van der Waals surface area contributed by atoms with E-state index in [4.69, 9.17) is 15.2 Å². The van der Waals surface area contributed by atoms with Gasteiger partial charge >= 0.3 is 5.97 Å². The van der Waals surface area contributed by atoms with Crippen molar-refractivity contribution >= 4 is 23.0 Å². The number of carbonyl (C=O) groups excluding carboxylic acids is 1. The van der Waals surface area contributed by atoms with E-state index >= 15 is 0 Å². The fourth-order valence-electron chi connectivity index (χ4n) is 2.48. The highest BCUT2D eigenvalue weighted by molar-refractivity contribution is 5.96. The van der Waals surface area contributed by atoms with Crippen LogP contribution in [0, 0.1) is 0 Å². The van der Waals surface area contributed by atoms with Gasteiger partial charge in [-0.15, -0.1) is 0 Å². The summed E-state index contributed by atoms with van der Waals surface area (Å²) in [5.74, 6) is 0.632. The van der Waals surface area contributed by atoms with Crippen molar-refractivity contribution in [1.82, 2.24) is 14.6 Å². The fourth-order valence-corrected chi connectivity index (χ4v) is 2.48. The van der Waals surface area contributed by atoms with Crippen LogP contribution in [-0.2, 0) is 9.47 Å². The number of fused-ring (bicyclic) bond motifs is 1. The number of nitrogen functional groups attached to an aromatic ring is 1. The molecule has 2 aromatic heterocycles. The van der Waals surface area contributed by atoms with Crippen LogP contribution in [0.1, 0.15) is 56.1 Å². The summed E-state index contributed by atoms with van der Waals surface area (Å²) >= 11 is 0. The molecule has 2 aromatic rings. The highest BCUT2D eigenvalue weighted by Crippen LogP contribution is 2.20. The molecule has 0 radical (unpaired) electrons. The average Bonchev–Trinajstić information content (AvgIpc) is 3.03. The maximum absolute atomic E-state index is 12.3. The molecule has 2 heterocycles. The molecule has 0 aromatic carbocycles. The van der Waals surface area contributed by atoms with Gasteiger partial charge in [-0.25, -0.2) is 9.78 Å². The maximum atomic E-state index is 12.3. The number of nitrogens with two attached hydrogens (primary N) is 1. The minimum atomic E-state index is -0.452. The third kappa shape index (κ3) is 4.62. The van der Waals surface area contributed by atoms with E-state index in [0.717, 1.165) is 25.0 Å². The molecule has 26 heavy (non-hydrogen) atoms. The van der Waals surface area contributed by atoms with E-state index in [1.54, 1.807) is 12.1 Å². The Kier molecular flexibility index (Phi) is 6.77. The van der Waals surface area contributed by atoms with Gasteiger partial charge in [-0.3, -0.25) is 0 Å². The Morgan fingerprint density at radius 2 is 2.12 bits per heavy atom. The minimum absolute atomic E-state index is 0.286. The summed E-state index contributed by atoms with van der Waals surface area (Å²) in [6.45, 7) is 10.8. The zero-order chi connectivity index (χ0) is 19.1. The maximum Gasteiger partial charge on any atom is 0.343 e. The van der Waals surface area contributed by atoms with Crippen molar-refractivity contribution in [2.24, 2.45) is 0 Å². The Bertz CT molecular complexity index is 824. The second-order valence-corrected chi connectivity index (χ2v) is 5.92. The van der Waals surface area contributed by atoms with Crippen LogP contribution in [-0.4, -0.2) is 33.8 Å². The topological polar surface area (TPSA) is 91.7 Å². The van der Waals surface area contributed by atoms with E-state index in [1.165, 1.54) is 10.7 Å². The van der Waals surface area contributed by atoms with Gasteiger partial charge in [0.25, 0.3) is 0 Å². The molecule has 0 aliphatic heterocycles. The molecule has 0 bridgehead atoms. The predicted molar refractivity (Wildman–Crippen MR) is 102 cm³/mol. The molecule has 0 fully saturated rings. The minimum Gasteiger partial charge on any atom is -0.499 e. The van der Waals surface area contributed by atoms with E-state index in [-0.39, 0.29) is 5.56 Å². The summed E-state index contributed by atoms with van der Waals surface area (Å²) in [6, 6.07) is 1.66. The number of nitrogens with zero attached hydrogens (tertiary/aromatic N) is 3.